The van der Waals surface area contributed by atoms with Crippen molar-refractivity contribution in [2.75, 3.05) is 13.1 Å². The van der Waals surface area contributed by atoms with Gasteiger partial charge in [-0.2, -0.15) is 0 Å². The molecule has 0 aliphatic carbocycles. The number of rotatable bonds is 1. The van der Waals surface area contributed by atoms with E-state index in [9.17, 15) is 4.79 Å². The van der Waals surface area contributed by atoms with Crippen molar-refractivity contribution in [3.05, 3.63) is 35.5 Å². The van der Waals surface area contributed by atoms with E-state index in [0.29, 0.717) is 5.78 Å². The molecule has 1 atom stereocenters. The first-order chi connectivity index (χ1) is 9.76. The average molecular weight is 305 g/mol. The molecule has 1 saturated heterocycles. The third-order valence-electron chi connectivity index (χ3n) is 5.30. The summed E-state index contributed by atoms with van der Waals surface area (Å²) in [6.45, 7) is 4.24. The average Bonchev–Trinajstić information content (AvgIpc) is 3.03. The Morgan fingerprint density at radius 2 is 2.10 bits per heavy atom. The maximum Gasteiger partial charge on any atom is 0.199 e. The highest BCUT2D eigenvalue weighted by molar-refractivity contribution is 6.07. The van der Waals surface area contributed by atoms with Crippen LogP contribution in [-0.2, 0) is 6.42 Å². The first-order valence-electron chi connectivity index (χ1n) is 7.66. The Morgan fingerprint density at radius 1 is 1.29 bits per heavy atom. The molecular weight excluding hydrogens is 284 g/mol. The first kappa shape index (κ1) is 14.6. The van der Waals surface area contributed by atoms with E-state index in [1.165, 1.54) is 10.9 Å². The fourth-order valence-electron chi connectivity index (χ4n) is 4.21. The number of hydrogen-bond donors (Lipinski definition) is 1. The predicted molar refractivity (Wildman–Crippen MR) is 87.4 cm³/mol. The van der Waals surface area contributed by atoms with Crippen LogP contribution in [0.15, 0.2) is 24.3 Å². The summed E-state index contributed by atoms with van der Waals surface area (Å²) in [5, 5.41) is 1.23. The number of fused-ring (bicyclic) bond motifs is 4. The molecule has 4 rings (SSSR count). The Labute approximate surface area is 131 Å². The molecule has 21 heavy (non-hydrogen) atoms. The number of hydrogen-bond acceptors (Lipinski definition) is 2. The van der Waals surface area contributed by atoms with Crippen molar-refractivity contribution in [1.29, 1.82) is 0 Å². The number of nitrogens with one attached hydrogen (secondary N) is 1. The normalized spacial score (nSPS) is 25.3. The van der Waals surface area contributed by atoms with E-state index in [-0.39, 0.29) is 17.9 Å². The van der Waals surface area contributed by atoms with Crippen molar-refractivity contribution in [3.8, 4) is 0 Å². The quantitative estimate of drug-likeness (QED) is 0.874. The fraction of sp³-hybridized carbons (Fsp3) is 0.471. The molecule has 1 fully saturated rings. The summed E-state index contributed by atoms with van der Waals surface area (Å²) in [4.78, 5) is 19.0. The van der Waals surface area contributed by atoms with E-state index in [1.54, 1.807) is 0 Å². The van der Waals surface area contributed by atoms with Crippen LogP contribution >= 0.6 is 12.4 Å². The number of ketones is 1. The second-order valence-corrected chi connectivity index (χ2v) is 6.08. The van der Waals surface area contributed by atoms with E-state index < -0.39 is 0 Å². The molecule has 3 nitrogen and oxygen atoms in total. The lowest BCUT2D eigenvalue weighted by Gasteiger charge is -2.34. The van der Waals surface area contributed by atoms with Crippen molar-refractivity contribution in [2.45, 2.75) is 38.1 Å². The summed E-state index contributed by atoms with van der Waals surface area (Å²) in [6.07, 6.45) is 4.06. The third-order valence-corrected chi connectivity index (χ3v) is 5.30. The molecule has 1 aromatic heterocycles. The number of benzene rings is 1. The monoisotopic (exact) mass is 304 g/mol. The van der Waals surface area contributed by atoms with Crippen LogP contribution < -0.4 is 0 Å². The van der Waals surface area contributed by atoms with E-state index in [0.717, 1.165) is 50.0 Å². The van der Waals surface area contributed by atoms with Gasteiger partial charge in [-0.3, -0.25) is 9.69 Å². The summed E-state index contributed by atoms with van der Waals surface area (Å²) in [6, 6.07) is 8.29. The number of para-hydroxylation sites is 1. The van der Waals surface area contributed by atoms with Gasteiger partial charge < -0.3 is 4.98 Å². The Balaban J connectivity index is 0.00000132. The van der Waals surface area contributed by atoms with Gasteiger partial charge in [0.15, 0.2) is 5.78 Å². The molecule has 0 saturated carbocycles. The van der Waals surface area contributed by atoms with Crippen LogP contribution in [0, 0.1) is 0 Å². The number of halogens is 1. The van der Waals surface area contributed by atoms with E-state index >= 15 is 0 Å². The zero-order valence-corrected chi connectivity index (χ0v) is 13.1. The molecule has 2 aliphatic heterocycles. The van der Waals surface area contributed by atoms with Crippen molar-refractivity contribution >= 4 is 29.1 Å². The summed E-state index contributed by atoms with van der Waals surface area (Å²) in [7, 11) is 0. The highest BCUT2D eigenvalue weighted by atomic mass is 35.5. The topological polar surface area (TPSA) is 36.1 Å². The van der Waals surface area contributed by atoms with Gasteiger partial charge in [0.25, 0.3) is 0 Å². The second-order valence-electron chi connectivity index (χ2n) is 6.08. The summed E-state index contributed by atoms with van der Waals surface area (Å²) in [5.41, 5.74) is 2.96. The molecule has 4 heteroatoms. The zero-order valence-electron chi connectivity index (χ0n) is 12.3. The molecule has 112 valence electrons. The second kappa shape index (κ2) is 5.15. The van der Waals surface area contributed by atoms with Crippen LogP contribution in [-0.4, -0.2) is 34.3 Å². The molecule has 3 heterocycles. The van der Waals surface area contributed by atoms with Crippen LogP contribution in [0.2, 0.25) is 0 Å². The molecule has 0 bridgehead atoms. The molecule has 1 unspecified atom stereocenters. The molecule has 0 radical (unpaired) electrons. The molecule has 0 spiro atoms. The maximum absolute atomic E-state index is 13.2. The number of Topliss-reactive ketones (excluding diaryl/α,β-unsaturated/α-hetero) is 1. The smallest absolute Gasteiger partial charge is 0.199 e. The van der Waals surface area contributed by atoms with Crippen molar-refractivity contribution in [1.82, 2.24) is 9.88 Å². The first-order valence-corrected chi connectivity index (χ1v) is 7.66. The van der Waals surface area contributed by atoms with E-state index in [4.69, 9.17) is 0 Å². The van der Waals surface area contributed by atoms with Crippen LogP contribution in [0.25, 0.3) is 10.9 Å². The van der Waals surface area contributed by atoms with Crippen LogP contribution in [0.1, 0.15) is 42.2 Å². The van der Waals surface area contributed by atoms with Gasteiger partial charge in [-0.05, 0) is 43.9 Å². The van der Waals surface area contributed by atoms with E-state index in [1.807, 2.05) is 6.07 Å². The van der Waals surface area contributed by atoms with Gasteiger partial charge in [-0.15, -0.1) is 12.4 Å². The van der Waals surface area contributed by atoms with Gasteiger partial charge in [-0.1, -0.05) is 25.1 Å². The molecule has 2 aliphatic rings. The van der Waals surface area contributed by atoms with Gasteiger partial charge >= 0.3 is 0 Å². The van der Waals surface area contributed by atoms with Gasteiger partial charge in [0.2, 0.25) is 0 Å². The lowest BCUT2D eigenvalue weighted by atomic mass is 9.86. The number of nitrogens with zero attached hydrogens (tertiary/aromatic N) is 1. The maximum atomic E-state index is 13.2. The predicted octanol–water partition coefficient (Wildman–Crippen LogP) is 3.57. The van der Waals surface area contributed by atoms with Gasteiger partial charge in [0.05, 0.1) is 11.2 Å². The lowest BCUT2D eigenvalue weighted by molar-refractivity contribution is 0.0669. The van der Waals surface area contributed by atoms with Gasteiger partial charge in [0.1, 0.15) is 0 Å². The third kappa shape index (κ3) is 1.87. The highest BCUT2D eigenvalue weighted by Crippen LogP contribution is 2.39. The fourth-order valence-corrected chi connectivity index (χ4v) is 4.21. The standard InChI is InChI=1S/C17H20N2O.ClH/c1-2-17-9-5-10-19(17)11-8-13-12-6-3-4-7-14(12)18-15(13)16(17)20;/h3-4,6-7,18H,2,5,8-11H2,1H3;1H. The SMILES string of the molecule is CCC12CCCN1CCc1c([nH]c3ccccc13)C2=O.Cl. The Kier molecular flexibility index (Phi) is 3.58. The Bertz CT molecular complexity index is 693. The Morgan fingerprint density at radius 3 is 2.90 bits per heavy atom. The number of H-pyrrole nitrogens is 1. The van der Waals surface area contributed by atoms with Crippen LogP contribution in [0.3, 0.4) is 0 Å². The van der Waals surface area contributed by atoms with Crippen molar-refractivity contribution in [3.63, 3.8) is 0 Å². The molecule has 2 aromatic rings. The van der Waals surface area contributed by atoms with Gasteiger partial charge in [0, 0.05) is 17.4 Å². The lowest BCUT2D eigenvalue weighted by Crippen LogP contribution is -2.49. The Hall–Kier alpha value is -1.32. The highest BCUT2D eigenvalue weighted by Gasteiger charge is 2.48. The van der Waals surface area contributed by atoms with E-state index in [2.05, 4.69) is 35.0 Å². The number of carbonyl (C=O) groups is 1. The number of carbonyl (C=O) groups excluding carboxylic acids is 1. The molecule has 1 aromatic carbocycles. The minimum Gasteiger partial charge on any atom is -0.352 e. The largest absolute Gasteiger partial charge is 0.352 e. The molecule has 1 N–H and O–H groups in total. The minimum absolute atomic E-state index is 0. The minimum atomic E-state index is -0.244. The van der Waals surface area contributed by atoms with Crippen LogP contribution in [0.4, 0.5) is 0 Å². The van der Waals surface area contributed by atoms with Crippen molar-refractivity contribution < 1.29 is 4.79 Å². The number of aromatic nitrogens is 1. The molecule has 0 amide bonds. The summed E-state index contributed by atoms with van der Waals surface area (Å²) < 4.78 is 0. The summed E-state index contributed by atoms with van der Waals surface area (Å²) in [5.74, 6) is 0.321. The van der Waals surface area contributed by atoms with Gasteiger partial charge in [-0.25, -0.2) is 0 Å². The number of aromatic amines is 1. The van der Waals surface area contributed by atoms with Crippen molar-refractivity contribution in [2.24, 2.45) is 0 Å². The summed E-state index contributed by atoms with van der Waals surface area (Å²) >= 11 is 0. The zero-order chi connectivity index (χ0) is 13.7. The molecular formula is C17H21ClN2O. The van der Waals surface area contributed by atoms with Crippen LogP contribution in [0.5, 0.6) is 0 Å².